The first-order valence-electron chi connectivity index (χ1n) is 10.0. The van der Waals surface area contributed by atoms with Gasteiger partial charge in [-0.25, -0.2) is 14.5 Å². The third-order valence-corrected chi connectivity index (χ3v) is 5.42. The molecular weight excluding hydrogens is 378 g/mol. The molecule has 0 aromatic carbocycles. The Balaban J connectivity index is 1.38. The summed E-state index contributed by atoms with van der Waals surface area (Å²) >= 11 is 0. The fraction of sp³-hybridized carbons (Fsp3) is 0.273. The summed E-state index contributed by atoms with van der Waals surface area (Å²) in [5.41, 5.74) is 4.04. The number of likely N-dealkylation sites (tertiary alicyclic amines) is 1. The summed E-state index contributed by atoms with van der Waals surface area (Å²) in [6, 6.07) is 7.92. The second-order valence-electron chi connectivity index (χ2n) is 7.57. The van der Waals surface area contributed by atoms with E-state index in [4.69, 9.17) is 10.1 Å². The fourth-order valence-electron chi connectivity index (χ4n) is 3.81. The van der Waals surface area contributed by atoms with E-state index < -0.39 is 0 Å². The van der Waals surface area contributed by atoms with Crippen molar-refractivity contribution in [3.05, 3.63) is 72.5 Å². The van der Waals surface area contributed by atoms with Gasteiger partial charge in [0.05, 0.1) is 11.9 Å². The molecule has 0 radical (unpaired) electrons. The highest BCUT2D eigenvalue weighted by molar-refractivity contribution is 5.92. The largest absolute Gasteiger partial charge is 0.337 e. The lowest BCUT2D eigenvalue weighted by molar-refractivity contribution is 0.0698. The number of pyridine rings is 2. The number of hydrogen-bond donors (Lipinski definition) is 0. The molecule has 1 aliphatic heterocycles. The van der Waals surface area contributed by atoms with E-state index in [0.29, 0.717) is 18.8 Å². The molecule has 4 aromatic rings. The van der Waals surface area contributed by atoms with Gasteiger partial charge < -0.3 is 4.90 Å². The summed E-state index contributed by atoms with van der Waals surface area (Å²) in [6.45, 7) is 3.15. The van der Waals surface area contributed by atoms with E-state index in [2.05, 4.69) is 15.0 Å². The predicted octanol–water partition coefficient (Wildman–Crippen LogP) is 2.91. The molecule has 5 rings (SSSR count). The number of piperidine rings is 1. The van der Waals surface area contributed by atoms with Gasteiger partial charge in [-0.3, -0.25) is 14.8 Å². The monoisotopic (exact) mass is 399 g/mol. The fourth-order valence-corrected chi connectivity index (χ4v) is 3.81. The minimum absolute atomic E-state index is 0.0881. The Labute approximate surface area is 173 Å². The third-order valence-electron chi connectivity index (χ3n) is 5.42. The summed E-state index contributed by atoms with van der Waals surface area (Å²) in [4.78, 5) is 32.0. The molecule has 1 aliphatic rings. The average molecular weight is 399 g/mol. The van der Waals surface area contributed by atoms with Gasteiger partial charge in [0, 0.05) is 54.9 Å². The van der Waals surface area contributed by atoms with Crippen LogP contribution in [0.4, 0.5) is 0 Å². The van der Waals surface area contributed by atoms with Crippen molar-refractivity contribution in [2.45, 2.75) is 25.7 Å². The summed E-state index contributed by atoms with van der Waals surface area (Å²) in [5, 5.41) is 4.72. The Kier molecular flexibility index (Phi) is 4.66. The van der Waals surface area contributed by atoms with Crippen molar-refractivity contribution in [2.75, 3.05) is 13.1 Å². The molecule has 0 N–H and O–H groups in total. The Morgan fingerprint density at radius 1 is 1.10 bits per heavy atom. The molecule has 1 fully saturated rings. The van der Waals surface area contributed by atoms with Crippen LogP contribution in [0.1, 0.15) is 40.8 Å². The highest BCUT2D eigenvalue weighted by atomic mass is 16.2. The van der Waals surface area contributed by atoms with Gasteiger partial charge >= 0.3 is 0 Å². The van der Waals surface area contributed by atoms with Crippen LogP contribution in [0.25, 0.3) is 16.8 Å². The lowest BCUT2D eigenvalue weighted by atomic mass is 9.97. The number of rotatable bonds is 3. The zero-order valence-electron chi connectivity index (χ0n) is 16.6. The zero-order chi connectivity index (χ0) is 20.5. The van der Waals surface area contributed by atoms with Gasteiger partial charge in [0.2, 0.25) is 0 Å². The number of aryl methyl sites for hydroxylation is 1. The molecule has 0 spiro atoms. The van der Waals surface area contributed by atoms with E-state index in [0.717, 1.165) is 41.1 Å². The van der Waals surface area contributed by atoms with Crippen molar-refractivity contribution in [1.82, 2.24) is 34.4 Å². The number of carbonyl (C=O) groups excluding carboxylic acids is 1. The van der Waals surface area contributed by atoms with E-state index in [-0.39, 0.29) is 11.8 Å². The molecule has 5 heterocycles. The topological polar surface area (TPSA) is 89.2 Å². The smallest absolute Gasteiger partial charge is 0.274 e. The van der Waals surface area contributed by atoms with Crippen LogP contribution in [0.3, 0.4) is 0 Å². The van der Waals surface area contributed by atoms with Crippen LogP contribution in [0.5, 0.6) is 0 Å². The normalized spacial score (nSPS) is 16.7. The maximum atomic E-state index is 12.8. The predicted molar refractivity (Wildman–Crippen MR) is 111 cm³/mol. The molecule has 8 heteroatoms. The molecule has 0 saturated carbocycles. The summed E-state index contributed by atoms with van der Waals surface area (Å²) < 4.78 is 1.81. The molecule has 1 atom stereocenters. The minimum atomic E-state index is -0.0881. The van der Waals surface area contributed by atoms with Crippen LogP contribution in [0.15, 0.2) is 55.2 Å². The van der Waals surface area contributed by atoms with Crippen molar-refractivity contribution in [2.24, 2.45) is 0 Å². The van der Waals surface area contributed by atoms with Crippen molar-refractivity contribution < 1.29 is 4.79 Å². The SMILES string of the molecule is Cc1cnc(C(=O)N2CCCC(c3nc4ccc(-c5cccnc5)cn4n3)C2)cn1. The molecule has 0 bridgehead atoms. The first-order valence-corrected chi connectivity index (χ1v) is 10.0. The van der Waals surface area contributed by atoms with Crippen LogP contribution in [0, 0.1) is 6.92 Å². The van der Waals surface area contributed by atoms with Crippen LogP contribution in [-0.4, -0.2) is 53.4 Å². The average Bonchev–Trinajstić information content (AvgIpc) is 3.23. The molecule has 8 nitrogen and oxygen atoms in total. The van der Waals surface area contributed by atoms with E-state index in [1.165, 1.54) is 0 Å². The second-order valence-corrected chi connectivity index (χ2v) is 7.57. The van der Waals surface area contributed by atoms with Crippen LogP contribution < -0.4 is 0 Å². The molecule has 0 aliphatic carbocycles. The van der Waals surface area contributed by atoms with Gasteiger partial charge in [-0.2, -0.15) is 5.10 Å². The second kappa shape index (κ2) is 7.62. The molecule has 4 aromatic heterocycles. The van der Waals surface area contributed by atoms with E-state index in [1.54, 1.807) is 18.6 Å². The number of nitrogens with zero attached hydrogens (tertiary/aromatic N) is 7. The van der Waals surface area contributed by atoms with Crippen molar-refractivity contribution in [3.8, 4) is 11.1 Å². The van der Waals surface area contributed by atoms with Gasteiger partial charge in [0.1, 0.15) is 5.69 Å². The lowest BCUT2D eigenvalue weighted by Gasteiger charge is -2.31. The van der Waals surface area contributed by atoms with E-state index >= 15 is 0 Å². The van der Waals surface area contributed by atoms with Gasteiger partial charge in [-0.15, -0.1) is 0 Å². The maximum Gasteiger partial charge on any atom is 0.274 e. The quantitative estimate of drug-likeness (QED) is 0.526. The van der Waals surface area contributed by atoms with Crippen LogP contribution in [-0.2, 0) is 0 Å². The molecule has 150 valence electrons. The van der Waals surface area contributed by atoms with Crippen molar-refractivity contribution in [3.63, 3.8) is 0 Å². The molecular formula is C22H21N7O. The van der Waals surface area contributed by atoms with Crippen LogP contribution in [0.2, 0.25) is 0 Å². The first kappa shape index (κ1) is 18.4. The van der Waals surface area contributed by atoms with Gasteiger partial charge in [0.25, 0.3) is 5.91 Å². The highest BCUT2D eigenvalue weighted by Crippen LogP contribution is 2.26. The van der Waals surface area contributed by atoms with E-state index in [1.807, 2.05) is 53.0 Å². The van der Waals surface area contributed by atoms with Gasteiger partial charge in [-0.1, -0.05) is 6.07 Å². The maximum absolute atomic E-state index is 12.8. The number of hydrogen-bond acceptors (Lipinski definition) is 6. The Hall–Kier alpha value is -3.68. The number of carbonyl (C=O) groups is 1. The first-order chi connectivity index (χ1) is 14.7. The van der Waals surface area contributed by atoms with Gasteiger partial charge in [-0.05, 0) is 38.0 Å². The Morgan fingerprint density at radius 2 is 2.03 bits per heavy atom. The molecule has 1 unspecified atom stereocenters. The van der Waals surface area contributed by atoms with Crippen molar-refractivity contribution >= 4 is 11.6 Å². The van der Waals surface area contributed by atoms with Gasteiger partial charge in [0.15, 0.2) is 11.5 Å². The zero-order valence-corrected chi connectivity index (χ0v) is 16.6. The number of aromatic nitrogens is 6. The molecule has 1 saturated heterocycles. The summed E-state index contributed by atoms with van der Waals surface area (Å²) in [7, 11) is 0. The highest BCUT2D eigenvalue weighted by Gasteiger charge is 2.28. The van der Waals surface area contributed by atoms with Crippen LogP contribution >= 0.6 is 0 Å². The molecule has 30 heavy (non-hydrogen) atoms. The number of amides is 1. The lowest BCUT2D eigenvalue weighted by Crippen LogP contribution is -2.39. The minimum Gasteiger partial charge on any atom is -0.337 e. The number of fused-ring (bicyclic) bond motifs is 1. The molecule has 1 amide bonds. The third kappa shape index (κ3) is 3.52. The Bertz CT molecular complexity index is 1190. The summed E-state index contributed by atoms with van der Waals surface area (Å²) in [6.07, 6.45) is 10.6. The van der Waals surface area contributed by atoms with Crippen molar-refractivity contribution in [1.29, 1.82) is 0 Å². The summed E-state index contributed by atoms with van der Waals surface area (Å²) in [5.74, 6) is 0.781. The van der Waals surface area contributed by atoms with E-state index in [9.17, 15) is 4.79 Å². The standard InChI is InChI=1S/C22H21N7O/c1-15-10-25-19(12-24-15)22(30)28-9-3-5-18(13-28)21-26-20-7-6-17(14-29(20)27-21)16-4-2-8-23-11-16/h2,4,6-8,10-12,14,18H,3,5,9,13H2,1H3. The Morgan fingerprint density at radius 3 is 2.83 bits per heavy atom.